The summed E-state index contributed by atoms with van der Waals surface area (Å²) in [6.45, 7) is 5.13. The van der Waals surface area contributed by atoms with Gasteiger partial charge in [-0.15, -0.1) is 0 Å². The molecule has 1 unspecified atom stereocenters. The zero-order chi connectivity index (χ0) is 30.8. The van der Waals surface area contributed by atoms with Crippen molar-refractivity contribution in [2.75, 3.05) is 39.3 Å². The Bertz CT molecular complexity index is 1500. The minimum atomic E-state index is -0.271. The summed E-state index contributed by atoms with van der Waals surface area (Å²) < 4.78 is 0. The lowest BCUT2D eigenvalue weighted by atomic mass is 9.90. The Balaban J connectivity index is 1.16. The monoisotopic (exact) mass is 602 g/mol. The Labute approximate surface area is 267 Å². The summed E-state index contributed by atoms with van der Waals surface area (Å²) in [7, 11) is 0. The largest absolute Gasteiger partial charge is 0.350 e. The maximum Gasteiger partial charge on any atom is 0.251 e. The summed E-state index contributed by atoms with van der Waals surface area (Å²) in [5, 5.41) is 9.05. The molecule has 2 N–H and O–H groups in total. The molecule has 2 fully saturated rings. The third-order valence-electron chi connectivity index (χ3n) is 9.54. The second-order valence-corrected chi connectivity index (χ2v) is 12.7. The number of amides is 2. The Hall–Kier alpha value is -4.00. The second-order valence-electron chi connectivity index (χ2n) is 12.7. The van der Waals surface area contributed by atoms with Crippen LogP contribution in [0.2, 0.25) is 0 Å². The zero-order valence-electron chi connectivity index (χ0n) is 26.2. The molecule has 0 bridgehead atoms. The number of fused-ring (bicyclic) bond motifs is 1. The van der Waals surface area contributed by atoms with Gasteiger partial charge in [-0.05, 0) is 85.8 Å². The van der Waals surface area contributed by atoms with Gasteiger partial charge in [0.1, 0.15) is 0 Å². The topological polar surface area (TPSA) is 64.7 Å². The van der Waals surface area contributed by atoms with Crippen LogP contribution in [0.4, 0.5) is 0 Å². The molecule has 4 aromatic carbocycles. The Morgan fingerprint density at radius 3 is 2.18 bits per heavy atom. The number of hydrogen-bond donors (Lipinski definition) is 2. The van der Waals surface area contributed by atoms with Crippen LogP contribution < -0.4 is 10.6 Å². The van der Waals surface area contributed by atoms with E-state index in [2.05, 4.69) is 75.0 Å². The Morgan fingerprint density at radius 2 is 1.47 bits per heavy atom. The molecule has 2 heterocycles. The standard InChI is InChI=1S/C39H46N4O2/c44-38(34-21-20-30-13-8-9-18-33(30)27-34)40-28-35-22-26-43(39(45)37(41-35)19-12-25-42-23-10-3-11-24-42)29-36(31-14-4-1-5-15-31)32-16-6-2-7-17-32/h1-2,4-9,13-18,20-21,27,35-37,41H,3,10-12,19,22-26,28-29H2,(H,40,44)/t35-,37?/m0/s1. The molecule has 234 valence electrons. The van der Waals surface area contributed by atoms with E-state index in [1.165, 1.54) is 30.4 Å². The summed E-state index contributed by atoms with van der Waals surface area (Å²) >= 11 is 0. The van der Waals surface area contributed by atoms with E-state index in [1.54, 1.807) is 0 Å². The number of carbonyl (C=O) groups excluding carboxylic acids is 2. The summed E-state index contributed by atoms with van der Waals surface area (Å²) in [6.07, 6.45) is 6.42. The van der Waals surface area contributed by atoms with Gasteiger partial charge >= 0.3 is 0 Å². The average molecular weight is 603 g/mol. The van der Waals surface area contributed by atoms with Crippen molar-refractivity contribution in [3.63, 3.8) is 0 Å². The van der Waals surface area contributed by atoms with Crippen LogP contribution in [0, 0.1) is 0 Å². The molecule has 2 amide bonds. The summed E-state index contributed by atoms with van der Waals surface area (Å²) in [6, 6.07) is 34.7. The molecule has 2 aliphatic rings. The molecule has 4 aromatic rings. The number of piperidine rings is 1. The smallest absolute Gasteiger partial charge is 0.251 e. The molecule has 0 spiro atoms. The molecular weight excluding hydrogens is 556 g/mol. The molecule has 6 nitrogen and oxygen atoms in total. The highest BCUT2D eigenvalue weighted by atomic mass is 16.2. The van der Waals surface area contributed by atoms with Gasteiger partial charge in [-0.3, -0.25) is 9.59 Å². The molecule has 45 heavy (non-hydrogen) atoms. The lowest BCUT2D eigenvalue weighted by molar-refractivity contribution is -0.133. The van der Waals surface area contributed by atoms with Gasteiger partial charge in [-0.2, -0.15) is 0 Å². The van der Waals surface area contributed by atoms with E-state index in [4.69, 9.17) is 0 Å². The number of hydrogen-bond acceptors (Lipinski definition) is 4. The van der Waals surface area contributed by atoms with Crippen molar-refractivity contribution in [2.24, 2.45) is 0 Å². The normalized spacial score (nSPS) is 19.5. The van der Waals surface area contributed by atoms with Gasteiger partial charge in [0.2, 0.25) is 5.91 Å². The molecule has 6 heteroatoms. The van der Waals surface area contributed by atoms with Crippen LogP contribution in [0.1, 0.15) is 65.9 Å². The first kappa shape index (κ1) is 31.0. The van der Waals surface area contributed by atoms with Crippen LogP contribution in [0.15, 0.2) is 103 Å². The highest BCUT2D eigenvalue weighted by Crippen LogP contribution is 2.27. The number of rotatable bonds is 11. The molecule has 2 saturated heterocycles. The van der Waals surface area contributed by atoms with Gasteiger partial charge in [0.25, 0.3) is 5.91 Å². The number of benzene rings is 4. The SMILES string of the molecule is O=C(NC[C@@H]1CCN(CC(c2ccccc2)c2ccccc2)C(=O)C(CCCN2CCCCC2)N1)c1ccc2ccccc2c1. The fraction of sp³-hybridized carbons (Fsp3) is 0.385. The fourth-order valence-electron chi connectivity index (χ4n) is 6.98. The molecule has 0 saturated carbocycles. The van der Waals surface area contributed by atoms with E-state index in [0.717, 1.165) is 49.7 Å². The average Bonchev–Trinajstić information content (AvgIpc) is 3.24. The van der Waals surface area contributed by atoms with Crippen molar-refractivity contribution in [3.8, 4) is 0 Å². The van der Waals surface area contributed by atoms with Gasteiger partial charge in [-0.25, -0.2) is 0 Å². The first-order chi connectivity index (χ1) is 22.1. The Morgan fingerprint density at radius 1 is 0.800 bits per heavy atom. The van der Waals surface area contributed by atoms with E-state index >= 15 is 0 Å². The lowest BCUT2D eigenvalue weighted by Gasteiger charge is -2.30. The van der Waals surface area contributed by atoms with Gasteiger partial charge in [0, 0.05) is 37.2 Å². The third kappa shape index (κ3) is 8.19. The maximum absolute atomic E-state index is 14.2. The van der Waals surface area contributed by atoms with Crippen molar-refractivity contribution in [1.29, 1.82) is 0 Å². The second kappa shape index (κ2) is 15.3. The molecule has 2 aliphatic heterocycles. The van der Waals surface area contributed by atoms with Crippen molar-refractivity contribution >= 4 is 22.6 Å². The van der Waals surface area contributed by atoms with Crippen molar-refractivity contribution < 1.29 is 9.59 Å². The minimum absolute atomic E-state index is 0.00948. The van der Waals surface area contributed by atoms with E-state index < -0.39 is 0 Å². The van der Waals surface area contributed by atoms with E-state index in [9.17, 15) is 9.59 Å². The zero-order valence-corrected chi connectivity index (χ0v) is 26.2. The number of carbonyl (C=O) groups is 2. The van der Waals surface area contributed by atoms with Gasteiger partial charge in [-0.1, -0.05) is 97.4 Å². The van der Waals surface area contributed by atoms with Crippen LogP contribution in [-0.2, 0) is 4.79 Å². The molecule has 6 rings (SSSR count). The van der Waals surface area contributed by atoms with Gasteiger partial charge < -0.3 is 20.4 Å². The molecule has 0 radical (unpaired) electrons. The van der Waals surface area contributed by atoms with Crippen LogP contribution in [0.3, 0.4) is 0 Å². The first-order valence-electron chi connectivity index (χ1n) is 16.8. The fourth-order valence-corrected chi connectivity index (χ4v) is 6.98. The van der Waals surface area contributed by atoms with E-state index in [1.807, 2.05) is 48.5 Å². The maximum atomic E-state index is 14.2. The number of likely N-dealkylation sites (tertiary alicyclic amines) is 1. The summed E-state index contributed by atoms with van der Waals surface area (Å²) in [4.78, 5) is 32.1. The van der Waals surface area contributed by atoms with Crippen molar-refractivity contribution in [1.82, 2.24) is 20.4 Å². The molecule has 0 aromatic heterocycles. The van der Waals surface area contributed by atoms with E-state index in [-0.39, 0.29) is 29.8 Å². The van der Waals surface area contributed by atoms with Crippen LogP contribution in [0.5, 0.6) is 0 Å². The molecule has 2 atom stereocenters. The van der Waals surface area contributed by atoms with Crippen LogP contribution in [0.25, 0.3) is 10.8 Å². The highest BCUT2D eigenvalue weighted by molar-refractivity contribution is 5.98. The quantitative estimate of drug-likeness (QED) is 0.214. The van der Waals surface area contributed by atoms with Crippen molar-refractivity contribution in [3.05, 3.63) is 120 Å². The molecular formula is C39H46N4O2. The molecule has 0 aliphatic carbocycles. The predicted octanol–water partition coefficient (Wildman–Crippen LogP) is 6.23. The Kier molecular flexibility index (Phi) is 10.6. The van der Waals surface area contributed by atoms with Crippen molar-refractivity contribution in [2.45, 2.75) is 56.5 Å². The van der Waals surface area contributed by atoms with Crippen LogP contribution >= 0.6 is 0 Å². The van der Waals surface area contributed by atoms with Gasteiger partial charge in [0.05, 0.1) is 6.04 Å². The first-order valence-corrected chi connectivity index (χ1v) is 16.8. The summed E-state index contributed by atoms with van der Waals surface area (Å²) in [5.74, 6) is 0.188. The minimum Gasteiger partial charge on any atom is -0.350 e. The van der Waals surface area contributed by atoms with Crippen LogP contribution in [-0.4, -0.2) is 73.0 Å². The van der Waals surface area contributed by atoms with E-state index in [0.29, 0.717) is 25.2 Å². The third-order valence-corrected chi connectivity index (χ3v) is 9.54. The van der Waals surface area contributed by atoms with Gasteiger partial charge in [0.15, 0.2) is 0 Å². The number of nitrogens with one attached hydrogen (secondary N) is 2. The summed E-state index contributed by atoms with van der Waals surface area (Å²) in [5.41, 5.74) is 3.09. The number of nitrogens with zero attached hydrogens (tertiary/aromatic N) is 2. The predicted molar refractivity (Wildman–Crippen MR) is 182 cm³/mol. The highest BCUT2D eigenvalue weighted by Gasteiger charge is 2.32. The lowest BCUT2D eigenvalue weighted by Crippen LogP contribution is -2.49.